The first-order valence-corrected chi connectivity index (χ1v) is 4.78. The minimum Gasteiger partial charge on any atom is -0.0882 e. The highest BCUT2D eigenvalue weighted by Crippen LogP contribution is 2.03. The molecule has 0 spiro atoms. The van der Waals surface area contributed by atoms with E-state index in [-0.39, 0.29) is 0 Å². The molecule has 0 aromatic heterocycles. The van der Waals surface area contributed by atoms with Crippen LogP contribution in [0.5, 0.6) is 0 Å². The van der Waals surface area contributed by atoms with E-state index in [2.05, 4.69) is 42.9 Å². The molecule has 65 valence electrons. The van der Waals surface area contributed by atoms with Crippen molar-refractivity contribution in [2.45, 2.75) is 32.1 Å². The highest BCUT2D eigenvalue weighted by molar-refractivity contribution is 5.02. The molecular weight excluding hydrogens is 144 g/mol. The van der Waals surface area contributed by atoms with Gasteiger partial charge in [-0.3, -0.25) is 0 Å². The van der Waals surface area contributed by atoms with Crippen molar-refractivity contribution in [3.05, 3.63) is 42.9 Å². The second-order valence-corrected chi connectivity index (χ2v) is 3.01. The molecule has 0 bridgehead atoms. The van der Waals surface area contributed by atoms with Crippen LogP contribution in [-0.4, -0.2) is 0 Å². The molecule has 0 saturated heterocycles. The van der Waals surface area contributed by atoms with E-state index in [1.807, 2.05) is 0 Å². The SMILES string of the molecule is [CH]1/C=C/C/C=C\C/C=C\CCC1. The van der Waals surface area contributed by atoms with Crippen molar-refractivity contribution in [2.24, 2.45) is 0 Å². The molecule has 0 N–H and O–H groups in total. The average Bonchev–Trinajstić information content (AvgIpc) is 2.05. The third-order valence-corrected chi connectivity index (χ3v) is 1.89. The first kappa shape index (κ1) is 9.31. The fourth-order valence-electron chi connectivity index (χ4n) is 1.19. The topological polar surface area (TPSA) is 0 Å². The maximum atomic E-state index is 2.28. The second-order valence-electron chi connectivity index (χ2n) is 3.01. The van der Waals surface area contributed by atoms with Gasteiger partial charge in [0.1, 0.15) is 0 Å². The summed E-state index contributed by atoms with van der Waals surface area (Å²) in [4.78, 5) is 0. The molecule has 0 aliphatic heterocycles. The Morgan fingerprint density at radius 3 is 2.33 bits per heavy atom. The van der Waals surface area contributed by atoms with E-state index in [1.54, 1.807) is 0 Å². The third-order valence-electron chi connectivity index (χ3n) is 1.89. The lowest BCUT2D eigenvalue weighted by molar-refractivity contribution is 0.840. The zero-order valence-electron chi connectivity index (χ0n) is 7.58. The average molecular weight is 161 g/mol. The van der Waals surface area contributed by atoms with E-state index in [4.69, 9.17) is 0 Å². The molecule has 1 aliphatic carbocycles. The van der Waals surface area contributed by atoms with Crippen LogP contribution in [0.1, 0.15) is 32.1 Å². The van der Waals surface area contributed by atoms with Crippen molar-refractivity contribution in [1.82, 2.24) is 0 Å². The number of allylic oxidation sites excluding steroid dienone is 6. The van der Waals surface area contributed by atoms with Gasteiger partial charge in [0.05, 0.1) is 0 Å². The summed E-state index contributed by atoms with van der Waals surface area (Å²) < 4.78 is 0. The molecule has 0 unspecified atom stereocenters. The lowest BCUT2D eigenvalue weighted by Crippen LogP contribution is -1.74. The van der Waals surface area contributed by atoms with Crippen molar-refractivity contribution in [1.29, 1.82) is 0 Å². The zero-order chi connectivity index (χ0) is 8.49. The summed E-state index contributed by atoms with van der Waals surface area (Å²) in [5, 5.41) is 0. The standard InChI is InChI=1S/C12H17/c1-2-4-6-8-10-12-11-9-7-5-3-1/h1-3,6,8,11-12H,4-5,7,9-10H2/b2-1+,8-6-,12-11-. The van der Waals surface area contributed by atoms with Gasteiger partial charge in [0, 0.05) is 0 Å². The predicted molar refractivity (Wildman–Crippen MR) is 54.8 cm³/mol. The quantitative estimate of drug-likeness (QED) is 0.474. The van der Waals surface area contributed by atoms with E-state index in [0.717, 1.165) is 12.8 Å². The van der Waals surface area contributed by atoms with Crippen LogP contribution in [0, 0.1) is 6.42 Å². The molecule has 0 fully saturated rings. The van der Waals surface area contributed by atoms with Gasteiger partial charge in [-0.15, -0.1) is 0 Å². The summed E-state index contributed by atoms with van der Waals surface area (Å²) in [6.45, 7) is 0. The lowest BCUT2D eigenvalue weighted by atomic mass is 10.1. The van der Waals surface area contributed by atoms with Crippen LogP contribution in [-0.2, 0) is 0 Å². The fraction of sp³-hybridized carbons (Fsp3) is 0.417. The van der Waals surface area contributed by atoms with Crippen molar-refractivity contribution in [3.63, 3.8) is 0 Å². The van der Waals surface area contributed by atoms with Crippen LogP contribution in [0.2, 0.25) is 0 Å². The van der Waals surface area contributed by atoms with Crippen molar-refractivity contribution >= 4 is 0 Å². The van der Waals surface area contributed by atoms with Crippen LogP contribution >= 0.6 is 0 Å². The first-order valence-electron chi connectivity index (χ1n) is 4.78. The molecule has 1 aliphatic rings. The summed E-state index contributed by atoms with van der Waals surface area (Å²) in [6, 6.07) is 0. The van der Waals surface area contributed by atoms with Crippen LogP contribution in [0.3, 0.4) is 0 Å². The maximum Gasteiger partial charge on any atom is -0.0169 e. The van der Waals surface area contributed by atoms with Gasteiger partial charge in [-0.2, -0.15) is 0 Å². The molecule has 0 aromatic carbocycles. The maximum absolute atomic E-state index is 2.28. The molecule has 1 rings (SSSR count). The highest BCUT2D eigenvalue weighted by Gasteiger charge is 1.84. The summed E-state index contributed by atoms with van der Waals surface area (Å²) >= 11 is 0. The smallest absolute Gasteiger partial charge is 0.0169 e. The molecule has 0 heteroatoms. The number of hydrogen-bond acceptors (Lipinski definition) is 0. The Morgan fingerprint density at radius 2 is 1.42 bits per heavy atom. The van der Waals surface area contributed by atoms with E-state index in [0.29, 0.717) is 0 Å². The summed E-state index contributed by atoms with van der Waals surface area (Å²) in [6.07, 6.45) is 21.5. The van der Waals surface area contributed by atoms with Gasteiger partial charge >= 0.3 is 0 Å². The summed E-state index contributed by atoms with van der Waals surface area (Å²) in [7, 11) is 0. The second kappa shape index (κ2) is 6.90. The van der Waals surface area contributed by atoms with Crippen LogP contribution in [0.4, 0.5) is 0 Å². The lowest BCUT2D eigenvalue weighted by Gasteiger charge is -1.93. The van der Waals surface area contributed by atoms with E-state index < -0.39 is 0 Å². The Labute approximate surface area is 75.7 Å². The van der Waals surface area contributed by atoms with Gasteiger partial charge in [-0.1, -0.05) is 36.5 Å². The van der Waals surface area contributed by atoms with Gasteiger partial charge < -0.3 is 0 Å². The molecule has 0 aromatic rings. The minimum atomic E-state index is 1.07. The van der Waals surface area contributed by atoms with Gasteiger partial charge in [0.15, 0.2) is 0 Å². The normalized spacial score (nSPS) is 28.0. The van der Waals surface area contributed by atoms with Gasteiger partial charge in [-0.05, 0) is 38.5 Å². The van der Waals surface area contributed by atoms with E-state index in [1.165, 1.54) is 19.3 Å². The van der Waals surface area contributed by atoms with Crippen molar-refractivity contribution in [2.75, 3.05) is 0 Å². The van der Waals surface area contributed by atoms with Crippen molar-refractivity contribution in [3.8, 4) is 0 Å². The first-order chi connectivity index (χ1) is 6.00. The Morgan fingerprint density at radius 1 is 0.667 bits per heavy atom. The summed E-state index contributed by atoms with van der Waals surface area (Å²) in [5.41, 5.74) is 0. The predicted octanol–water partition coefficient (Wildman–Crippen LogP) is 3.82. The van der Waals surface area contributed by atoms with E-state index >= 15 is 0 Å². The van der Waals surface area contributed by atoms with Gasteiger partial charge in [0.2, 0.25) is 0 Å². The van der Waals surface area contributed by atoms with Gasteiger partial charge in [0.25, 0.3) is 0 Å². The van der Waals surface area contributed by atoms with E-state index in [9.17, 15) is 0 Å². The molecular formula is C12H17. The number of hydrogen-bond donors (Lipinski definition) is 0. The van der Waals surface area contributed by atoms with Crippen LogP contribution in [0.15, 0.2) is 36.5 Å². The molecule has 12 heavy (non-hydrogen) atoms. The highest BCUT2D eigenvalue weighted by atomic mass is 13.9. The third kappa shape index (κ3) is 4.95. The fourth-order valence-corrected chi connectivity index (χ4v) is 1.19. The molecule has 0 amide bonds. The summed E-state index contributed by atoms with van der Waals surface area (Å²) in [5.74, 6) is 0. The minimum absolute atomic E-state index is 1.07. The Kier molecular flexibility index (Phi) is 5.35. The van der Waals surface area contributed by atoms with Crippen LogP contribution in [0.25, 0.3) is 0 Å². The van der Waals surface area contributed by atoms with Crippen LogP contribution < -0.4 is 0 Å². The molecule has 1 radical (unpaired) electrons. The monoisotopic (exact) mass is 161 g/mol. The number of rotatable bonds is 0. The zero-order valence-corrected chi connectivity index (χ0v) is 7.58. The Hall–Kier alpha value is -0.780. The Balaban J connectivity index is 2.31. The molecule has 0 heterocycles. The Bertz CT molecular complexity index is 152. The molecule has 0 atom stereocenters. The van der Waals surface area contributed by atoms with Gasteiger partial charge in [-0.25, -0.2) is 0 Å². The molecule has 0 saturated carbocycles. The largest absolute Gasteiger partial charge is 0.0882 e. The molecule has 0 nitrogen and oxygen atoms in total. The van der Waals surface area contributed by atoms with Crippen molar-refractivity contribution < 1.29 is 0 Å².